The van der Waals surface area contributed by atoms with E-state index in [0.29, 0.717) is 16.7 Å². The number of carbonyl (C=O) groups excluding carboxylic acids is 1. The van der Waals surface area contributed by atoms with E-state index in [1.807, 2.05) is 0 Å². The summed E-state index contributed by atoms with van der Waals surface area (Å²) < 4.78 is 11.0. The van der Waals surface area contributed by atoms with Gasteiger partial charge in [-0.1, -0.05) is 0 Å². The molecule has 1 heterocycles. The molecule has 1 aliphatic heterocycles. The molecule has 0 amide bonds. The number of carbonyl (C=O) groups is 1. The van der Waals surface area contributed by atoms with Crippen molar-refractivity contribution in [2.45, 2.75) is 20.8 Å². The number of phenolic OH excluding ortho intramolecular Hbond substituents is 3. The van der Waals surface area contributed by atoms with Gasteiger partial charge in [-0.15, -0.1) is 0 Å². The van der Waals surface area contributed by atoms with E-state index in [1.165, 1.54) is 12.1 Å². The molecule has 6 heteroatoms. The molecule has 22 heavy (non-hydrogen) atoms. The predicted octanol–water partition coefficient (Wildman–Crippen LogP) is 3.05. The molecule has 0 fully saturated rings. The summed E-state index contributed by atoms with van der Waals surface area (Å²) in [5.74, 6) is -1.53. The molecule has 0 unspecified atom stereocenters. The van der Waals surface area contributed by atoms with E-state index in [1.54, 1.807) is 20.8 Å². The van der Waals surface area contributed by atoms with E-state index in [0.717, 1.165) is 0 Å². The zero-order chi connectivity index (χ0) is 16.2. The van der Waals surface area contributed by atoms with Crippen molar-refractivity contribution in [3.05, 3.63) is 34.4 Å². The zero-order valence-electron chi connectivity index (χ0n) is 12.2. The first kappa shape index (κ1) is 14.1. The van der Waals surface area contributed by atoms with Gasteiger partial charge in [-0.2, -0.15) is 0 Å². The summed E-state index contributed by atoms with van der Waals surface area (Å²) in [6.45, 7) is 4.85. The van der Waals surface area contributed by atoms with Crippen molar-refractivity contribution >= 4 is 5.97 Å². The van der Waals surface area contributed by atoms with E-state index in [4.69, 9.17) is 9.47 Å². The first-order valence-corrected chi connectivity index (χ1v) is 6.60. The van der Waals surface area contributed by atoms with Crippen LogP contribution in [-0.4, -0.2) is 21.3 Å². The molecule has 3 rings (SSSR count). The smallest absolute Gasteiger partial charge is 0.347 e. The van der Waals surface area contributed by atoms with Gasteiger partial charge >= 0.3 is 5.97 Å². The molecule has 0 aliphatic carbocycles. The maximum atomic E-state index is 12.4. The molecule has 0 aromatic heterocycles. The van der Waals surface area contributed by atoms with E-state index in [9.17, 15) is 20.1 Å². The standard InChI is InChI=1S/C16H14O6/c1-6-4-10(18)12(19)15-11(6)16(20)22-14-8(3)9(17)5-7(2)13(14)21-15/h4-5,17-19H,1-3H3. The van der Waals surface area contributed by atoms with Gasteiger partial charge in [0.05, 0.1) is 0 Å². The van der Waals surface area contributed by atoms with Crippen molar-refractivity contribution in [2.24, 2.45) is 0 Å². The van der Waals surface area contributed by atoms with Crippen LogP contribution in [0, 0.1) is 20.8 Å². The summed E-state index contributed by atoms with van der Waals surface area (Å²) in [6, 6.07) is 2.73. The van der Waals surface area contributed by atoms with Crippen molar-refractivity contribution in [1.82, 2.24) is 0 Å². The molecular formula is C16H14O6. The van der Waals surface area contributed by atoms with Crippen LogP contribution in [0.25, 0.3) is 0 Å². The molecule has 1 aliphatic rings. The summed E-state index contributed by atoms with van der Waals surface area (Å²) in [6.07, 6.45) is 0. The summed E-state index contributed by atoms with van der Waals surface area (Å²) in [5.41, 5.74) is 1.31. The Morgan fingerprint density at radius 3 is 2.14 bits per heavy atom. The maximum Gasteiger partial charge on any atom is 0.347 e. The van der Waals surface area contributed by atoms with E-state index in [-0.39, 0.29) is 34.3 Å². The Hall–Kier alpha value is -2.89. The number of benzene rings is 2. The number of phenols is 3. The Morgan fingerprint density at radius 1 is 0.818 bits per heavy atom. The molecule has 6 nitrogen and oxygen atoms in total. The van der Waals surface area contributed by atoms with Crippen LogP contribution in [0.1, 0.15) is 27.0 Å². The fraction of sp³-hybridized carbons (Fsp3) is 0.188. The third-order valence-corrected chi connectivity index (χ3v) is 3.68. The fourth-order valence-corrected chi connectivity index (χ4v) is 2.45. The van der Waals surface area contributed by atoms with Crippen LogP contribution in [0.2, 0.25) is 0 Å². The van der Waals surface area contributed by atoms with Crippen LogP contribution in [0.15, 0.2) is 12.1 Å². The Labute approximate surface area is 126 Å². The first-order valence-electron chi connectivity index (χ1n) is 6.60. The second kappa shape index (κ2) is 4.56. The monoisotopic (exact) mass is 302 g/mol. The lowest BCUT2D eigenvalue weighted by molar-refractivity contribution is 0.0735. The lowest BCUT2D eigenvalue weighted by Crippen LogP contribution is -2.10. The van der Waals surface area contributed by atoms with Crippen molar-refractivity contribution in [3.63, 3.8) is 0 Å². The number of esters is 1. The number of hydrogen-bond donors (Lipinski definition) is 3. The van der Waals surface area contributed by atoms with Gasteiger partial charge in [0.2, 0.25) is 5.75 Å². The van der Waals surface area contributed by atoms with E-state index in [2.05, 4.69) is 0 Å². The lowest BCUT2D eigenvalue weighted by atomic mass is 10.1. The fourth-order valence-electron chi connectivity index (χ4n) is 2.45. The average Bonchev–Trinajstić information content (AvgIpc) is 2.60. The van der Waals surface area contributed by atoms with Gasteiger partial charge in [0.1, 0.15) is 11.3 Å². The normalized spacial score (nSPS) is 12.8. The van der Waals surface area contributed by atoms with E-state index < -0.39 is 11.7 Å². The Kier molecular flexibility index (Phi) is 2.91. The highest BCUT2D eigenvalue weighted by Crippen LogP contribution is 2.50. The highest BCUT2D eigenvalue weighted by molar-refractivity contribution is 5.98. The summed E-state index contributed by atoms with van der Waals surface area (Å²) in [4.78, 5) is 12.4. The molecule has 0 saturated heterocycles. The molecule has 2 aromatic rings. The Bertz CT molecular complexity index is 822. The minimum atomic E-state index is -0.727. The minimum absolute atomic E-state index is 0.0256. The zero-order valence-corrected chi connectivity index (χ0v) is 12.2. The molecule has 0 spiro atoms. The first-order chi connectivity index (χ1) is 10.3. The van der Waals surface area contributed by atoms with Crippen LogP contribution in [-0.2, 0) is 0 Å². The molecule has 2 aromatic carbocycles. The van der Waals surface area contributed by atoms with Crippen molar-refractivity contribution < 1.29 is 29.6 Å². The number of ether oxygens (including phenoxy) is 2. The number of fused-ring (bicyclic) bond motifs is 2. The molecule has 3 N–H and O–H groups in total. The topological polar surface area (TPSA) is 96.2 Å². The minimum Gasteiger partial charge on any atom is -0.508 e. The Morgan fingerprint density at radius 2 is 1.45 bits per heavy atom. The molecule has 0 bridgehead atoms. The Balaban J connectivity index is 2.34. The highest BCUT2D eigenvalue weighted by atomic mass is 16.6. The number of aryl methyl sites for hydroxylation is 2. The largest absolute Gasteiger partial charge is 0.508 e. The maximum absolute atomic E-state index is 12.4. The quantitative estimate of drug-likeness (QED) is 0.393. The molecule has 114 valence electrons. The van der Waals surface area contributed by atoms with Crippen LogP contribution in [0.5, 0.6) is 34.5 Å². The van der Waals surface area contributed by atoms with Gasteiger partial charge in [-0.3, -0.25) is 0 Å². The summed E-state index contributed by atoms with van der Waals surface area (Å²) in [7, 11) is 0. The molecular weight excluding hydrogens is 288 g/mol. The number of hydrogen-bond acceptors (Lipinski definition) is 6. The molecule has 0 saturated carbocycles. The van der Waals surface area contributed by atoms with Crippen molar-refractivity contribution in [3.8, 4) is 34.5 Å². The van der Waals surface area contributed by atoms with Crippen LogP contribution >= 0.6 is 0 Å². The lowest BCUT2D eigenvalue weighted by Gasteiger charge is -2.14. The van der Waals surface area contributed by atoms with Crippen LogP contribution in [0.4, 0.5) is 0 Å². The van der Waals surface area contributed by atoms with Gasteiger partial charge < -0.3 is 24.8 Å². The summed E-state index contributed by atoms with van der Waals surface area (Å²) in [5, 5.41) is 29.6. The van der Waals surface area contributed by atoms with Gasteiger partial charge in [0.15, 0.2) is 23.0 Å². The highest BCUT2D eigenvalue weighted by Gasteiger charge is 2.31. The van der Waals surface area contributed by atoms with E-state index >= 15 is 0 Å². The number of aromatic hydroxyl groups is 3. The van der Waals surface area contributed by atoms with Crippen molar-refractivity contribution in [2.75, 3.05) is 0 Å². The summed E-state index contributed by atoms with van der Waals surface area (Å²) >= 11 is 0. The predicted molar refractivity (Wildman–Crippen MR) is 77.1 cm³/mol. The second-order valence-corrected chi connectivity index (χ2v) is 5.25. The van der Waals surface area contributed by atoms with Gasteiger partial charge in [-0.05, 0) is 44.0 Å². The molecule has 0 atom stereocenters. The molecule has 0 radical (unpaired) electrons. The van der Waals surface area contributed by atoms with Gasteiger partial charge in [-0.25, -0.2) is 4.79 Å². The second-order valence-electron chi connectivity index (χ2n) is 5.25. The third kappa shape index (κ3) is 1.84. The SMILES string of the molecule is Cc1cc(O)c(C)c2c1Oc1c(O)c(O)cc(C)c1C(=O)O2. The van der Waals surface area contributed by atoms with Gasteiger partial charge in [0, 0.05) is 5.56 Å². The van der Waals surface area contributed by atoms with Crippen molar-refractivity contribution in [1.29, 1.82) is 0 Å². The van der Waals surface area contributed by atoms with Crippen LogP contribution < -0.4 is 9.47 Å². The third-order valence-electron chi connectivity index (χ3n) is 3.68. The number of rotatable bonds is 0. The average molecular weight is 302 g/mol. The van der Waals surface area contributed by atoms with Crippen LogP contribution in [0.3, 0.4) is 0 Å². The van der Waals surface area contributed by atoms with Gasteiger partial charge in [0.25, 0.3) is 0 Å².